The minimum Gasteiger partial charge on any atom is -0.465 e. The average Bonchev–Trinajstić information content (AvgIpc) is 2.99. The number of hydrogen-bond acceptors (Lipinski definition) is 5. The van der Waals surface area contributed by atoms with Gasteiger partial charge in [0.2, 0.25) is 5.91 Å². The lowest BCUT2D eigenvalue weighted by molar-refractivity contribution is -0.127. The summed E-state index contributed by atoms with van der Waals surface area (Å²) in [6.07, 6.45) is 0.602. The van der Waals surface area contributed by atoms with Crippen LogP contribution >= 0.6 is 0 Å². The molecule has 1 amide bonds. The summed E-state index contributed by atoms with van der Waals surface area (Å²) < 4.78 is 23.6. The Bertz CT molecular complexity index is 571. The van der Waals surface area contributed by atoms with Gasteiger partial charge in [-0.25, -0.2) is 9.18 Å². The van der Waals surface area contributed by atoms with Crippen molar-refractivity contribution in [3.05, 3.63) is 29.6 Å². The lowest BCUT2D eigenvalue weighted by Gasteiger charge is -2.26. The van der Waals surface area contributed by atoms with Crippen molar-refractivity contribution in [1.82, 2.24) is 5.32 Å². The van der Waals surface area contributed by atoms with E-state index in [9.17, 15) is 14.0 Å². The van der Waals surface area contributed by atoms with Crippen molar-refractivity contribution in [3.63, 3.8) is 0 Å². The number of halogens is 1. The molecule has 0 aliphatic carbocycles. The number of methoxy groups -OCH3 is 2. The van der Waals surface area contributed by atoms with Crippen molar-refractivity contribution >= 4 is 17.6 Å². The quantitative estimate of drug-likeness (QED) is 0.799. The first kappa shape index (κ1) is 16.4. The van der Waals surface area contributed by atoms with E-state index in [-0.39, 0.29) is 23.8 Å². The maximum Gasteiger partial charge on any atom is 0.337 e. The molecule has 1 aromatic rings. The fourth-order valence-electron chi connectivity index (χ4n) is 2.52. The molecule has 2 N–H and O–H groups in total. The zero-order valence-corrected chi connectivity index (χ0v) is 12.6. The molecule has 7 heteroatoms. The average molecular weight is 310 g/mol. The van der Waals surface area contributed by atoms with Gasteiger partial charge in [-0.2, -0.15) is 0 Å². The van der Waals surface area contributed by atoms with Crippen LogP contribution in [-0.2, 0) is 14.3 Å². The Morgan fingerprint density at radius 3 is 2.77 bits per heavy atom. The molecule has 1 aromatic carbocycles. The van der Waals surface area contributed by atoms with E-state index in [1.54, 1.807) is 0 Å². The van der Waals surface area contributed by atoms with E-state index < -0.39 is 17.2 Å². The predicted molar refractivity (Wildman–Crippen MR) is 78.2 cm³/mol. The van der Waals surface area contributed by atoms with Gasteiger partial charge in [0.15, 0.2) is 0 Å². The highest BCUT2D eigenvalue weighted by atomic mass is 19.1. The van der Waals surface area contributed by atoms with Crippen molar-refractivity contribution in [2.45, 2.75) is 6.42 Å². The molecule has 1 saturated heterocycles. The van der Waals surface area contributed by atoms with Gasteiger partial charge in [0.25, 0.3) is 0 Å². The van der Waals surface area contributed by atoms with Crippen LogP contribution in [0.1, 0.15) is 16.8 Å². The van der Waals surface area contributed by atoms with Gasteiger partial charge in [-0.15, -0.1) is 0 Å². The third-order valence-corrected chi connectivity index (χ3v) is 3.78. The van der Waals surface area contributed by atoms with E-state index in [1.165, 1.54) is 26.4 Å². The molecule has 1 atom stereocenters. The van der Waals surface area contributed by atoms with Crippen LogP contribution in [0.15, 0.2) is 18.2 Å². The molecular formula is C15H19FN2O4. The number of esters is 1. The third-order valence-electron chi connectivity index (χ3n) is 3.78. The number of amides is 1. The fourth-order valence-corrected chi connectivity index (χ4v) is 2.52. The van der Waals surface area contributed by atoms with E-state index in [0.29, 0.717) is 19.5 Å². The highest BCUT2D eigenvalue weighted by Gasteiger charge is 2.41. The van der Waals surface area contributed by atoms with Crippen LogP contribution in [0.4, 0.5) is 10.1 Å². The molecule has 1 fully saturated rings. The van der Waals surface area contributed by atoms with Crippen molar-refractivity contribution in [2.24, 2.45) is 5.41 Å². The molecule has 1 heterocycles. The van der Waals surface area contributed by atoms with Gasteiger partial charge in [0.1, 0.15) is 5.82 Å². The van der Waals surface area contributed by atoms with Gasteiger partial charge in [0, 0.05) is 13.7 Å². The Balaban J connectivity index is 2.22. The van der Waals surface area contributed by atoms with Gasteiger partial charge in [-0.1, -0.05) is 0 Å². The molecule has 0 spiro atoms. The Morgan fingerprint density at radius 2 is 2.18 bits per heavy atom. The molecule has 120 valence electrons. The van der Waals surface area contributed by atoms with Gasteiger partial charge in [0.05, 0.1) is 30.4 Å². The van der Waals surface area contributed by atoms with Crippen molar-refractivity contribution in [2.75, 3.05) is 39.2 Å². The normalized spacial score (nSPS) is 20.7. The molecule has 0 radical (unpaired) electrons. The number of nitrogens with one attached hydrogen (secondary N) is 2. The maximum atomic E-state index is 13.9. The molecule has 0 bridgehead atoms. The molecule has 2 rings (SSSR count). The second-order valence-corrected chi connectivity index (χ2v) is 5.28. The summed E-state index contributed by atoms with van der Waals surface area (Å²) >= 11 is 0. The second-order valence-electron chi connectivity index (χ2n) is 5.28. The Hall–Kier alpha value is -1.99. The zero-order chi connectivity index (χ0) is 16.2. The number of ether oxygens (including phenoxy) is 2. The summed E-state index contributed by atoms with van der Waals surface area (Å²) in [5.74, 6) is -1.54. The van der Waals surface area contributed by atoms with Crippen LogP contribution in [0.25, 0.3) is 0 Å². The van der Waals surface area contributed by atoms with E-state index in [0.717, 1.165) is 6.07 Å². The molecule has 1 aliphatic heterocycles. The van der Waals surface area contributed by atoms with Crippen LogP contribution in [0.3, 0.4) is 0 Å². The molecule has 0 aromatic heterocycles. The highest BCUT2D eigenvalue weighted by Crippen LogP contribution is 2.28. The van der Waals surface area contributed by atoms with Crippen LogP contribution in [0, 0.1) is 11.2 Å². The van der Waals surface area contributed by atoms with E-state index in [2.05, 4.69) is 15.4 Å². The number of anilines is 1. The van der Waals surface area contributed by atoms with Crippen molar-refractivity contribution in [1.29, 1.82) is 0 Å². The highest BCUT2D eigenvalue weighted by molar-refractivity contribution is 5.97. The largest absolute Gasteiger partial charge is 0.465 e. The standard InChI is InChI=1S/C15H19FN2O4/c1-21-9-15(5-6-17-8-15)14(20)18-12-7-10(13(19)22-2)3-4-11(12)16/h3-4,7,17H,5-6,8-9H2,1-2H3,(H,18,20). The predicted octanol–water partition coefficient (Wildman–Crippen LogP) is 1.18. The maximum absolute atomic E-state index is 13.9. The number of benzene rings is 1. The number of carbonyl (C=O) groups is 2. The third kappa shape index (κ3) is 3.26. The Kier molecular flexibility index (Phi) is 5.10. The molecular weight excluding hydrogens is 291 g/mol. The minimum absolute atomic E-state index is 0.0460. The topological polar surface area (TPSA) is 76.7 Å². The lowest BCUT2D eigenvalue weighted by Crippen LogP contribution is -2.42. The number of carbonyl (C=O) groups excluding carboxylic acids is 2. The summed E-state index contributed by atoms with van der Waals surface area (Å²) in [5.41, 5.74) is -0.609. The van der Waals surface area contributed by atoms with E-state index in [1.807, 2.05) is 0 Å². The van der Waals surface area contributed by atoms with Gasteiger partial charge < -0.3 is 20.1 Å². The second kappa shape index (κ2) is 6.85. The zero-order valence-electron chi connectivity index (χ0n) is 12.6. The fraction of sp³-hybridized carbons (Fsp3) is 0.467. The summed E-state index contributed by atoms with van der Waals surface area (Å²) in [6, 6.07) is 3.69. The monoisotopic (exact) mass is 310 g/mol. The Morgan fingerprint density at radius 1 is 1.41 bits per heavy atom. The molecule has 1 unspecified atom stereocenters. The number of hydrogen-bond donors (Lipinski definition) is 2. The smallest absolute Gasteiger partial charge is 0.337 e. The minimum atomic E-state index is -0.734. The summed E-state index contributed by atoms with van der Waals surface area (Å²) in [4.78, 5) is 24.0. The van der Waals surface area contributed by atoms with Crippen molar-refractivity contribution < 1.29 is 23.5 Å². The van der Waals surface area contributed by atoms with Crippen LogP contribution < -0.4 is 10.6 Å². The van der Waals surface area contributed by atoms with Gasteiger partial charge >= 0.3 is 5.97 Å². The first-order valence-corrected chi connectivity index (χ1v) is 6.91. The molecule has 1 aliphatic rings. The molecule has 22 heavy (non-hydrogen) atoms. The van der Waals surface area contributed by atoms with Gasteiger partial charge in [-0.05, 0) is 31.2 Å². The van der Waals surface area contributed by atoms with Crippen LogP contribution in [0.2, 0.25) is 0 Å². The number of rotatable bonds is 5. The van der Waals surface area contributed by atoms with Crippen LogP contribution in [-0.4, -0.2) is 45.8 Å². The van der Waals surface area contributed by atoms with E-state index >= 15 is 0 Å². The lowest BCUT2D eigenvalue weighted by atomic mass is 9.87. The summed E-state index contributed by atoms with van der Waals surface area (Å²) in [5, 5.41) is 5.66. The molecule has 0 saturated carbocycles. The summed E-state index contributed by atoms with van der Waals surface area (Å²) in [6.45, 7) is 1.40. The first-order chi connectivity index (χ1) is 10.5. The van der Waals surface area contributed by atoms with E-state index in [4.69, 9.17) is 4.74 Å². The Labute approximate surface area is 128 Å². The SMILES string of the molecule is COCC1(C(=O)Nc2cc(C(=O)OC)ccc2F)CCNC1. The summed E-state index contributed by atoms with van der Waals surface area (Å²) in [7, 11) is 2.76. The molecule has 6 nitrogen and oxygen atoms in total. The van der Waals surface area contributed by atoms with Crippen LogP contribution in [0.5, 0.6) is 0 Å². The first-order valence-electron chi connectivity index (χ1n) is 6.91. The van der Waals surface area contributed by atoms with Crippen molar-refractivity contribution in [3.8, 4) is 0 Å². The van der Waals surface area contributed by atoms with Gasteiger partial charge in [-0.3, -0.25) is 4.79 Å².